The highest BCUT2D eigenvalue weighted by Crippen LogP contribution is 2.08. The Morgan fingerprint density at radius 1 is 0.778 bits per heavy atom. The summed E-state index contributed by atoms with van der Waals surface area (Å²) in [5.74, 6) is -1.70. The van der Waals surface area contributed by atoms with Gasteiger partial charge in [-0.15, -0.1) is 0 Å². The van der Waals surface area contributed by atoms with E-state index in [1.807, 2.05) is 10.6 Å². The van der Waals surface area contributed by atoms with E-state index >= 15 is 0 Å². The second kappa shape index (κ2) is 5.43. The van der Waals surface area contributed by atoms with Gasteiger partial charge in [-0.1, -0.05) is 12.1 Å². The first-order chi connectivity index (χ1) is 8.41. The van der Waals surface area contributed by atoms with E-state index in [1.165, 1.54) is 24.3 Å². The van der Waals surface area contributed by atoms with E-state index in [2.05, 4.69) is 0 Å². The van der Waals surface area contributed by atoms with Gasteiger partial charge in [-0.25, -0.2) is 9.59 Å². The van der Waals surface area contributed by atoms with Crippen molar-refractivity contribution in [3.05, 3.63) is 35.4 Å². The summed E-state index contributed by atoms with van der Waals surface area (Å²) in [5, 5.41) is 3.62. The fourth-order valence-corrected chi connectivity index (χ4v) is 1.24. The van der Waals surface area contributed by atoms with E-state index in [9.17, 15) is 19.2 Å². The van der Waals surface area contributed by atoms with Gasteiger partial charge in [-0.05, 0) is 12.1 Å². The third kappa shape index (κ3) is 3.30. The molecule has 0 radical (unpaired) electrons. The van der Waals surface area contributed by atoms with Crippen LogP contribution in [0.4, 0.5) is 9.59 Å². The average Bonchev–Trinajstić information content (AvgIpc) is 2.27. The van der Waals surface area contributed by atoms with Crippen LogP contribution in [0.25, 0.3) is 0 Å². The van der Waals surface area contributed by atoms with Gasteiger partial charge < -0.3 is 11.5 Å². The summed E-state index contributed by atoms with van der Waals surface area (Å²) in [6, 6.07) is 3.46. The lowest BCUT2D eigenvalue weighted by Gasteiger charge is -2.07. The Morgan fingerprint density at radius 3 is 1.39 bits per heavy atom. The minimum Gasteiger partial charge on any atom is -0.351 e. The fourth-order valence-electron chi connectivity index (χ4n) is 1.24. The van der Waals surface area contributed by atoms with Crippen LogP contribution in [-0.2, 0) is 0 Å². The van der Waals surface area contributed by atoms with Gasteiger partial charge in [-0.3, -0.25) is 20.2 Å². The second-order valence-corrected chi connectivity index (χ2v) is 3.18. The van der Waals surface area contributed by atoms with E-state index in [-0.39, 0.29) is 11.1 Å². The number of carbonyl (C=O) groups is 4. The molecule has 6 amide bonds. The van der Waals surface area contributed by atoms with E-state index in [0.717, 1.165) is 0 Å². The molecule has 94 valence electrons. The number of primary amides is 2. The van der Waals surface area contributed by atoms with Crippen molar-refractivity contribution in [3.63, 3.8) is 0 Å². The minimum absolute atomic E-state index is 0.102. The molecular formula is C10H10N4O4. The number of nitrogens with two attached hydrogens (primary N) is 2. The summed E-state index contributed by atoms with van der Waals surface area (Å²) in [7, 11) is 0. The number of hydrogen-bond donors (Lipinski definition) is 4. The second-order valence-electron chi connectivity index (χ2n) is 3.18. The van der Waals surface area contributed by atoms with E-state index in [4.69, 9.17) is 11.5 Å². The van der Waals surface area contributed by atoms with Gasteiger partial charge in [0.05, 0.1) is 11.1 Å². The van der Waals surface area contributed by atoms with Crippen molar-refractivity contribution in [1.29, 1.82) is 0 Å². The third-order valence-electron chi connectivity index (χ3n) is 1.89. The van der Waals surface area contributed by atoms with Crippen molar-refractivity contribution in [2.45, 2.75) is 0 Å². The fraction of sp³-hybridized carbons (Fsp3) is 0. The molecule has 8 nitrogen and oxygen atoms in total. The molecule has 8 heteroatoms. The van der Waals surface area contributed by atoms with E-state index in [0.29, 0.717) is 0 Å². The standard InChI is InChI=1S/C10H10N4O4/c11-9(17)13-7(15)5-3-1-2-4-6(5)8(16)14-10(12)18/h1-4H,(H3,11,13,15,17)(H3,12,14,16,18). The smallest absolute Gasteiger partial charge is 0.319 e. The van der Waals surface area contributed by atoms with Crippen LogP contribution < -0.4 is 22.1 Å². The minimum atomic E-state index is -1.05. The number of amides is 6. The van der Waals surface area contributed by atoms with E-state index in [1.54, 1.807) is 0 Å². The lowest BCUT2D eigenvalue weighted by Crippen LogP contribution is -2.38. The van der Waals surface area contributed by atoms with Crippen LogP contribution >= 0.6 is 0 Å². The Hall–Kier alpha value is -2.90. The van der Waals surface area contributed by atoms with Crippen molar-refractivity contribution in [3.8, 4) is 0 Å². The van der Waals surface area contributed by atoms with E-state index < -0.39 is 23.9 Å². The molecule has 6 N–H and O–H groups in total. The molecule has 0 fully saturated rings. The molecule has 0 aliphatic carbocycles. The topological polar surface area (TPSA) is 144 Å². The van der Waals surface area contributed by atoms with Crippen LogP contribution in [0, 0.1) is 0 Å². The van der Waals surface area contributed by atoms with Gasteiger partial charge in [0.1, 0.15) is 0 Å². The first-order valence-electron chi connectivity index (χ1n) is 4.72. The lowest BCUT2D eigenvalue weighted by molar-refractivity contribution is 0.0930. The SMILES string of the molecule is NC(=O)NC(=O)c1ccccc1C(=O)NC(N)=O. The van der Waals surface area contributed by atoms with Gasteiger partial charge >= 0.3 is 12.1 Å². The molecule has 0 aromatic heterocycles. The maximum atomic E-state index is 11.6. The number of urea groups is 2. The molecule has 0 atom stereocenters. The summed E-state index contributed by atoms with van der Waals surface area (Å²) < 4.78 is 0. The normalized spacial score (nSPS) is 9.33. The Balaban J connectivity index is 3.06. The maximum Gasteiger partial charge on any atom is 0.319 e. The van der Waals surface area contributed by atoms with Crippen molar-refractivity contribution >= 4 is 23.9 Å². The Bertz CT molecular complexity index is 479. The largest absolute Gasteiger partial charge is 0.351 e. The molecule has 0 saturated carbocycles. The van der Waals surface area contributed by atoms with Gasteiger partial charge in [0.2, 0.25) is 0 Å². The summed E-state index contributed by atoms with van der Waals surface area (Å²) in [6.07, 6.45) is 0. The van der Waals surface area contributed by atoms with Crippen LogP contribution in [0.5, 0.6) is 0 Å². The molecule has 0 heterocycles. The average molecular weight is 250 g/mol. The predicted octanol–water partition coefficient (Wildman–Crippen LogP) is -0.696. The molecule has 1 aromatic carbocycles. The highest BCUT2D eigenvalue weighted by molar-refractivity contribution is 6.13. The maximum absolute atomic E-state index is 11.6. The predicted molar refractivity (Wildman–Crippen MR) is 60.5 cm³/mol. The van der Waals surface area contributed by atoms with Crippen molar-refractivity contribution in [2.75, 3.05) is 0 Å². The van der Waals surface area contributed by atoms with Crippen LogP contribution in [0.1, 0.15) is 20.7 Å². The molecule has 18 heavy (non-hydrogen) atoms. The van der Waals surface area contributed by atoms with Crippen molar-refractivity contribution in [1.82, 2.24) is 10.6 Å². The van der Waals surface area contributed by atoms with Gasteiger partial charge in [0.25, 0.3) is 11.8 Å². The zero-order valence-corrected chi connectivity index (χ0v) is 9.10. The molecule has 1 aromatic rings. The summed E-state index contributed by atoms with van der Waals surface area (Å²) in [5.41, 5.74) is 9.38. The summed E-state index contributed by atoms with van der Waals surface area (Å²) >= 11 is 0. The van der Waals surface area contributed by atoms with Crippen molar-refractivity contribution < 1.29 is 19.2 Å². The molecule has 0 spiro atoms. The summed E-state index contributed by atoms with van der Waals surface area (Å²) in [4.78, 5) is 44.2. The van der Waals surface area contributed by atoms with Crippen LogP contribution in [0.2, 0.25) is 0 Å². The number of hydrogen-bond acceptors (Lipinski definition) is 4. The Labute approximate surface area is 101 Å². The molecule has 0 aliphatic rings. The first kappa shape index (κ1) is 13.2. The Morgan fingerprint density at radius 2 is 1.11 bits per heavy atom. The quantitative estimate of drug-likeness (QED) is 0.550. The number of benzene rings is 1. The van der Waals surface area contributed by atoms with Crippen LogP contribution in [0.3, 0.4) is 0 Å². The number of imide groups is 2. The highest BCUT2D eigenvalue weighted by atomic mass is 16.2. The molecule has 0 saturated heterocycles. The first-order valence-corrected chi connectivity index (χ1v) is 4.72. The van der Waals surface area contributed by atoms with Crippen LogP contribution in [-0.4, -0.2) is 23.9 Å². The monoisotopic (exact) mass is 250 g/mol. The number of rotatable bonds is 2. The van der Waals surface area contributed by atoms with Gasteiger partial charge in [0, 0.05) is 0 Å². The third-order valence-corrected chi connectivity index (χ3v) is 1.89. The highest BCUT2D eigenvalue weighted by Gasteiger charge is 2.18. The number of nitrogens with one attached hydrogen (secondary N) is 2. The summed E-state index contributed by atoms with van der Waals surface area (Å²) in [6.45, 7) is 0. The molecule has 0 bridgehead atoms. The molecule has 0 unspecified atom stereocenters. The Kier molecular flexibility index (Phi) is 3.98. The number of carbonyl (C=O) groups excluding carboxylic acids is 4. The van der Waals surface area contributed by atoms with Gasteiger partial charge in [0.15, 0.2) is 0 Å². The van der Waals surface area contributed by atoms with Gasteiger partial charge in [-0.2, -0.15) is 0 Å². The van der Waals surface area contributed by atoms with Crippen LogP contribution in [0.15, 0.2) is 24.3 Å². The molecular weight excluding hydrogens is 240 g/mol. The lowest BCUT2D eigenvalue weighted by atomic mass is 10.1. The van der Waals surface area contributed by atoms with Crippen molar-refractivity contribution in [2.24, 2.45) is 11.5 Å². The zero-order valence-electron chi connectivity index (χ0n) is 9.10. The zero-order chi connectivity index (χ0) is 13.7. The molecule has 1 rings (SSSR count). The molecule has 0 aliphatic heterocycles.